The number of fused-ring (bicyclic) bond motifs is 15. The SMILES string of the molecule is N#Cc1ccc2c(c1)c1cc(C#N)ccc1n2-c1ccc2c(c1)Oc1cc(-n3c4ccccc4c4ccccc43)ccc1C21c2cccnc2-c2ncccc21. The van der Waals surface area contributed by atoms with Crippen LogP contribution in [0.5, 0.6) is 11.5 Å². The van der Waals surface area contributed by atoms with Crippen molar-refractivity contribution >= 4 is 43.6 Å². The molecule has 0 unspecified atom stereocenters. The van der Waals surface area contributed by atoms with E-state index in [-0.39, 0.29) is 0 Å². The molecule has 56 heavy (non-hydrogen) atoms. The average molecular weight is 715 g/mol. The lowest BCUT2D eigenvalue weighted by atomic mass is 9.66. The van der Waals surface area contributed by atoms with Crippen molar-refractivity contribution in [1.82, 2.24) is 19.1 Å². The summed E-state index contributed by atoms with van der Waals surface area (Å²) in [6.07, 6.45) is 3.67. The number of hydrogen-bond donors (Lipinski definition) is 0. The fourth-order valence-electron chi connectivity index (χ4n) is 9.51. The summed E-state index contributed by atoms with van der Waals surface area (Å²) < 4.78 is 11.6. The molecule has 1 aliphatic carbocycles. The topological polar surface area (TPSA) is 92.4 Å². The first-order chi connectivity index (χ1) is 27.7. The van der Waals surface area contributed by atoms with Crippen molar-refractivity contribution in [3.8, 4) is 46.4 Å². The molecule has 7 heteroatoms. The Morgan fingerprint density at radius 1 is 0.446 bits per heavy atom. The van der Waals surface area contributed by atoms with Gasteiger partial charge in [0.05, 0.1) is 62.1 Å². The zero-order valence-electron chi connectivity index (χ0n) is 29.6. The zero-order valence-corrected chi connectivity index (χ0v) is 29.6. The van der Waals surface area contributed by atoms with Crippen LogP contribution in [0.25, 0.3) is 66.4 Å². The lowest BCUT2D eigenvalue weighted by Gasteiger charge is -2.39. The standard InChI is InChI=1S/C49H26N6O/c50-27-29-13-19-43-35(23-29)36-24-30(28-51)14-20-44(36)55(43)32-16-18-38-46(26-32)56-45-25-31(54-41-11-3-1-7-33(41)34-8-2-4-12-42(34)54)15-17-37(45)49(38)39-9-5-21-52-47(39)48-40(49)10-6-22-53-48/h1-26H. The number of nitriles is 2. The summed E-state index contributed by atoms with van der Waals surface area (Å²) in [6.45, 7) is 0. The summed E-state index contributed by atoms with van der Waals surface area (Å²) in [6, 6.07) is 54.4. The van der Waals surface area contributed by atoms with Gasteiger partial charge in [0.2, 0.25) is 0 Å². The van der Waals surface area contributed by atoms with Gasteiger partial charge < -0.3 is 13.9 Å². The smallest absolute Gasteiger partial charge is 0.134 e. The van der Waals surface area contributed by atoms with Crippen LogP contribution in [0.2, 0.25) is 0 Å². The van der Waals surface area contributed by atoms with Crippen LogP contribution >= 0.6 is 0 Å². The monoisotopic (exact) mass is 714 g/mol. The van der Waals surface area contributed by atoms with E-state index in [1.54, 1.807) is 0 Å². The lowest BCUT2D eigenvalue weighted by molar-refractivity contribution is 0.436. The molecule has 7 nitrogen and oxygen atoms in total. The second-order valence-corrected chi connectivity index (χ2v) is 14.4. The van der Waals surface area contributed by atoms with E-state index >= 15 is 0 Å². The van der Waals surface area contributed by atoms with Crippen molar-refractivity contribution < 1.29 is 4.74 Å². The number of rotatable bonds is 2. The Morgan fingerprint density at radius 3 is 1.39 bits per heavy atom. The maximum atomic E-state index is 9.79. The number of para-hydroxylation sites is 2. The molecule has 10 aromatic rings. The van der Waals surface area contributed by atoms with Gasteiger partial charge in [-0.3, -0.25) is 9.97 Å². The first-order valence-corrected chi connectivity index (χ1v) is 18.4. The molecule has 0 saturated heterocycles. The Morgan fingerprint density at radius 2 is 0.911 bits per heavy atom. The van der Waals surface area contributed by atoms with Crippen LogP contribution < -0.4 is 4.74 Å². The highest BCUT2D eigenvalue weighted by Gasteiger charge is 2.52. The molecule has 6 aromatic carbocycles. The van der Waals surface area contributed by atoms with Crippen molar-refractivity contribution in [1.29, 1.82) is 10.5 Å². The van der Waals surface area contributed by atoms with E-state index in [4.69, 9.17) is 14.7 Å². The first kappa shape index (κ1) is 30.5. The van der Waals surface area contributed by atoms with Gasteiger partial charge in [0.25, 0.3) is 0 Å². The summed E-state index contributed by atoms with van der Waals surface area (Å²) in [5.41, 5.74) is 12.2. The molecule has 0 radical (unpaired) electrons. The molecule has 0 amide bonds. The van der Waals surface area contributed by atoms with Crippen LogP contribution in [-0.4, -0.2) is 19.1 Å². The summed E-state index contributed by atoms with van der Waals surface area (Å²) in [4.78, 5) is 9.84. The predicted octanol–water partition coefficient (Wildman–Crippen LogP) is 10.9. The normalized spacial score (nSPS) is 13.2. The molecule has 1 aliphatic heterocycles. The lowest BCUT2D eigenvalue weighted by Crippen LogP contribution is -2.32. The summed E-state index contributed by atoms with van der Waals surface area (Å²) in [7, 11) is 0. The minimum Gasteiger partial charge on any atom is -0.457 e. The van der Waals surface area contributed by atoms with Gasteiger partial charge in [0.15, 0.2) is 0 Å². The Labute approximate surface area is 320 Å². The highest BCUT2D eigenvalue weighted by atomic mass is 16.5. The van der Waals surface area contributed by atoms with Crippen LogP contribution in [0.3, 0.4) is 0 Å². The highest BCUT2D eigenvalue weighted by Crippen LogP contribution is 2.61. The number of benzene rings is 6. The molecule has 2 aliphatic rings. The summed E-state index contributed by atoms with van der Waals surface area (Å²) >= 11 is 0. The predicted molar refractivity (Wildman–Crippen MR) is 218 cm³/mol. The van der Waals surface area contributed by atoms with Gasteiger partial charge >= 0.3 is 0 Å². The van der Waals surface area contributed by atoms with Gasteiger partial charge in [0, 0.05) is 68.6 Å². The third-order valence-corrected chi connectivity index (χ3v) is 11.7. The van der Waals surface area contributed by atoms with Crippen LogP contribution in [0.1, 0.15) is 33.4 Å². The van der Waals surface area contributed by atoms with E-state index < -0.39 is 5.41 Å². The molecule has 0 N–H and O–H groups in total. The van der Waals surface area contributed by atoms with E-state index in [1.807, 2.05) is 60.9 Å². The van der Waals surface area contributed by atoms with Crippen molar-refractivity contribution in [2.75, 3.05) is 0 Å². The number of aromatic nitrogens is 4. The fraction of sp³-hybridized carbons (Fsp3) is 0.0204. The van der Waals surface area contributed by atoms with Crippen LogP contribution in [-0.2, 0) is 5.41 Å². The van der Waals surface area contributed by atoms with Crippen molar-refractivity contribution in [2.24, 2.45) is 0 Å². The van der Waals surface area contributed by atoms with Crippen LogP contribution in [0.15, 0.2) is 158 Å². The van der Waals surface area contributed by atoms with Gasteiger partial charge in [0.1, 0.15) is 11.5 Å². The van der Waals surface area contributed by atoms with Gasteiger partial charge in [-0.2, -0.15) is 10.5 Å². The van der Waals surface area contributed by atoms with Crippen LogP contribution in [0.4, 0.5) is 0 Å². The van der Waals surface area contributed by atoms with E-state index in [0.29, 0.717) is 11.1 Å². The number of nitrogens with zero attached hydrogens (tertiary/aromatic N) is 6. The molecule has 0 saturated carbocycles. The summed E-state index contributed by atoms with van der Waals surface area (Å²) in [5, 5.41) is 23.8. The van der Waals surface area contributed by atoms with Crippen LogP contribution in [0, 0.1) is 22.7 Å². The van der Waals surface area contributed by atoms with Crippen molar-refractivity contribution in [2.45, 2.75) is 5.41 Å². The number of hydrogen-bond acceptors (Lipinski definition) is 5. The molecule has 0 bridgehead atoms. The first-order valence-electron chi connectivity index (χ1n) is 18.4. The second-order valence-electron chi connectivity index (χ2n) is 14.4. The van der Waals surface area contributed by atoms with Crippen molar-refractivity contribution in [3.63, 3.8) is 0 Å². The summed E-state index contributed by atoms with van der Waals surface area (Å²) in [5.74, 6) is 1.47. The van der Waals surface area contributed by atoms with E-state index in [9.17, 15) is 10.5 Å². The minimum absolute atomic E-state index is 0.561. The molecular weight excluding hydrogens is 689 g/mol. The molecule has 0 atom stereocenters. The molecule has 258 valence electrons. The third kappa shape index (κ3) is 3.83. The number of ether oxygens (including phenoxy) is 1. The molecule has 5 heterocycles. The average Bonchev–Trinajstić information content (AvgIpc) is 3.87. The Kier molecular flexibility index (Phi) is 5.99. The highest BCUT2D eigenvalue weighted by molar-refractivity contribution is 6.11. The molecule has 4 aromatic heterocycles. The van der Waals surface area contributed by atoms with Gasteiger partial charge in [-0.15, -0.1) is 0 Å². The van der Waals surface area contributed by atoms with Gasteiger partial charge in [-0.05, 0) is 83.9 Å². The maximum Gasteiger partial charge on any atom is 0.134 e. The molecule has 1 spiro atoms. The van der Waals surface area contributed by atoms with Gasteiger partial charge in [-0.1, -0.05) is 60.7 Å². The zero-order chi connectivity index (χ0) is 37.1. The maximum absolute atomic E-state index is 9.79. The van der Waals surface area contributed by atoms with Gasteiger partial charge in [-0.25, -0.2) is 0 Å². The Bertz CT molecular complexity index is 3280. The largest absolute Gasteiger partial charge is 0.457 e. The Balaban J connectivity index is 1.15. The van der Waals surface area contributed by atoms with E-state index in [2.05, 4.69) is 118 Å². The van der Waals surface area contributed by atoms with E-state index in [1.165, 1.54) is 10.8 Å². The van der Waals surface area contributed by atoms with Crippen molar-refractivity contribution in [3.05, 3.63) is 191 Å². The molecular formula is C49H26N6O. The third-order valence-electron chi connectivity index (χ3n) is 11.7. The quantitative estimate of drug-likeness (QED) is 0.178. The Hall–Kier alpha value is -8.00. The fourth-order valence-corrected chi connectivity index (χ4v) is 9.51. The second kappa shape index (κ2) is 11.0. The minimum atomic E-state index is -0.752. The van der Waals surface area contributed by atoms with E-state index in [0.717, 1.165) is 89.4 Å². The molecule has 12 rings (SSSR count). The molecule has 0 fully saturated rings. The number of pyridine rings is 2.